The highest BCUT2D eigenvalue weighted by Crippen LogP contribution is 2.08. The molecule has 0 saturated heterocycles. The normalized spacial score (nSPS) is 10.9. The van der Waals surface area contributed by atoms with Crippen LogP contribution in [0, 0.1) is 0 Å². The number of aromatic nitrogens is 4. The van der Waals surface area contributed by atoms with Crippen LogP contribution in [0.4, 0.5) is 5.95 Å². The second-order valence-corrected chi connectivity index (χ2v) is 2.89. The summed E-state index contributed by atoms with van der Waals surface area (Å²) in [7, 11) is 1.64. The molecule has 0 aromatic carbocycles. The number of H-pyrrole nitrogens is 1. The molecule has 2 rings (SSSR count). The number of anilines is 1. The smallest absolute Gasteiger partial charge is 0.200 e. The van der Waals surface area contributed by atoms with Crippen LogP contribution in [0.2, 0.25) is 0 Å². The van der Waals surface area contributed by atoms with Gasteiger partial charge in [0.1, 0.15) is 11.3 Å². The Hall–Kier alpha value is -1.69. The van der Waals surface area contributed by atoms with Crippen molar-refractivity contribution < 1.29 is 4.74 Å². The van der Waals surface area contributed by atoms with E-state index < -0.39 is 0 Å². The van der Waals surface area contributed by atoms with E-state index in [0.29, 0.717) is 30.4 Å². The number of imidazole rings is 1. The van der Waals surface area contributed by atoms with Gasteiger partial charge in [0.25, 0.3) is 0 Å². The molecule has 2 heterocycles. The van der Waals surface area contributed by atoms with Crippen molar-refractivity contribution in [3.63, 3.8) is 0 Å². The molecular formula is C8H11N5O. The minimum absolute atomic E-state index is 0.359. The lowest BCUT2D eigenvalue weighted by Crippen LogP contribution is -2.00. The van der Waals surface area contributed by atoms with Crippen LogP contribution in [0.5, 0.6) is 0 Å². The molecule has 0 unspecified atom stereocenters. The van der Waals surface area contributed by atoms with E-state index >= 15 is 0 Å². The first-order valence-corrected chi connectivity index (χ1v) is 4.25. The van der Waals surface area contributed by atoms with Gasteiger partial charge in [0.05, 0.1) is 12.8 Å². The monoisotopic (exact) mass is 193 g/mol. The molecule has 0 amide bonds. The average Bonchev–Trinajstić information content (AvgIpc) is 2.54. The zero-order valence-corrected chi connectivity index (χ0v) is 7.82. The van der Waals surface area contributed by atoms with Crippen LogP contribution in [0.25, 0.3) is 11.2 Å². The molecule has 0 bridgehead atoms. The van der Waals surface area contributed by atoms with Gasteiger partial charge in [-0.05, 0) is 0 Å². The highest BCUT2D eigenvalue weighted by Gasteiger charge is 2.03. The Morgan fingerprint density at radius 3 is 3.14 bits per heavy atom. The third-order valence-corrected chi connectivity index (χ3v) is 1.84. The predicted molar refractivity (Wildman–Crippen MR) is 51.7 cm³/mol. The van der Waals surface area contributed by atoms with Gasteiger partial charge in [-0.25, -0.2) is 9.97 Å². The van der Waals surface area contributed by atoms with E-state index in [2.05, 4.69) is 19.9 Å². The lowest BCUT2D eigenvalue weighted by atomic mass is 10.4. The van der Waals surface area contributed by atoms with Gasteiger partial charge in [-0.1, -0.05) is 0 Å². The molecule has 0 fully saturated rings. The fourth-order valence-corrected chi connectivity index (χ4v) is 1.18. The average molecular weight is 193 g/mol. The van der Waals surface area contributed by atoms with E-state index in [4.69, 9.17) is 10.5 Å². The maximum Gasteiger partial charge on any atom is 0.200 e. The largest absolute Gasteiger partial charge is 0.384 e. The summed E-state index contributed by atoms with van der Waals surface area (Å²) in [6, 6.07) is 0. The highest BCUT2D eigenvalue weighted by molar-refractivity contribution is 5.71. The van der Waals surface area contributed by atoms with Gasteiger partial charge in [-0.15, -0.1) is 0 Å². The summed E-state index contributed by atoms with van der Waals surface area (Å²) in [5.74, 6) is 1.07. The van der Waals surface area contributed by atoms with Crippen LogP contribution in [0.1, 0.15) is 5.82 Å². The Morgan fingerprint density at radius 1 is 1.50 bits per heavy atom. The molecule has 2 aromatic rings. The quantitative estimate of drug-likeness (QED) is 0.722. The third-order valence-electron chi connectivity index (χ3n) is 1.84. The van der Waals surface area contributed by atoms with Crippen molar-refractivity contribution in [2.45, 2.75) is 6.42 Å². The van der Waals surface area contributed by atoms with Gasteiger partial charge in [0.2, 0.25) is 0 Å². The molecule has 0 radical (unpaired) electrons. The van der Waals surface area contributed by atoms with E-state index in [9.17, 15) is 0 Å². The van der Waals surface area contributed by atoms with Gasteiger partial charge in [-0.3, -0.25) is 0 Å². The Bertz CT molecular complexity index is 438. The third kappa shape index (κ3) is 1.64. The topological polar surface area (TPSA) is 89.7 Å². The molecule has 6 nitrogen and oxygen atoms in total. The van der Waals surface area contributed by atoms with Crippen molar-refractivity contribution in [3.05, 3.63) is 12.0 Å². The number of methoxy groups -OCH3 is 1. The number of hydrogen-bond donors (Lipinski definition) is 2. The fourth-order valence-electron chi connectivity index (χ4n) is 1.18. The summed E-state index contributed by atoms with van der Waals surface area (Å²) in [5.41, 5.74) is 6.84. The molecule has 3 N–H and O–H groups in total. The van der Waals surface area contributed by atoms with Crippen molar-refractivity contribution in [1.82, 2.24) is 19.9 Å². The van der Waals surface area contributed by atoms with Crippen LogP contribution in [0.15, 0.2) is 6.20 Å². The number of nitrogens with one attached hydrogen (secondary N) is 1. The van der Waals surface area contributed by atoms with Gasteiger partial charge < -0.3 is 15.5 Å². The first-order valence-electron chi connectivity index (χ1n) is 4.25. The molecule has 6 heteroatoms. The van der Waals surface area contributed by atoms with Crippen molar-refractivity contribution in [2.24, 2.45) is 0 Å². The van der Waals surface area contributed by atoms with E-state index in [0.717, 1.165) is 5.52 Å². The first-order chi connectivity index (χ1) is 6.79. The van der Waals surface area contributed by atoms with Gasteiger partial charge >= 0.3 is 0 Å². The van der Waals surface area contributed by atoms with Crippen LogP contribution >= 0.6 is 0 Å². The van der Waals surface area contributed by atoms with Crippen LogP contribution in [0.3, 0.4) is 0 Å². The van der Waals surface area contributed by atoms with E-state index in [1.807, 2.05) is 0 Å². The van der Waals surface area contributed by atoms with Crippen molar-refractivity contribution in [3.8, 4) is 0 Å². The number of nitrogens with two attached hydrogens (primary N) is 1. The van der Waals surface area contributed by atoms with Crippen LogP contribution < -0.4 is 5.73 Å². The van der Waals surface area contributed by atoms with E-state index in [-0.39, 0.29) is 0 Å². The Labute approximate surface area is 80.5 Å². The number of rotatable bonds is 3. The lowest BCUT2D eigenvalue weighted by Gasteiger charge is -1.97. The number of fused-ring (bicyclic) bond motifs is 1. The van der Waals surface area contributed by atoms with Crippen LogP contribution in [-0.2, 0) is 11.2 Å². The van der Waals surface area contributed by atoms with Gasteiger partial charge in [-0.2, -0.15) is 4.98 Å². The fraction of sp³-hybridized carbons (Fsp3) is 0.375. The second-order valence-electron chi connectivity index (χ2n) is 2.89. The Balaban J connectivity index is 2.31. The standard InChI is InChI=1S/C8H11N5O/c1-14-3-2-6-10-4-5-7(12-6)13-8(9)11-5/h4H,2-3H2,1H3,(H3,9,10,11,12,13). The lowest BCUT2D eigenvalue weighted by molar-refractivity contribution is 0.200. The molecule has 0 spiro atoms. The molecule has 0 aliphatic heterocycles. The first kappa shape index (κ1) is 8.89. The number of nitrogens with zero attached hydrogens (tertiary/aromatic N) is 3. The summed E-state index contributed by atoms with van der Waals surface area (Å²) >= 11 is 0. The zero-order valence-electron chi connectivity index (χ0n) is 7.82. The second kappa shape index (κ2) is 3.59. The molecule has 2 aromatic heterocycles. The summed E-state index contributed by atoms with van der Waals surface area (Å²) in [5, 5.41) is 0. The van der Waals surface area contributed by atoms with Gasteiger partial charge in [0.15, 0.2) is 11.6 Å². The minimum atomic E-state index is 0.359. The number of hydrogen-bond acceptors (Lipinski definition) is 5. The maximum atomic E-state index is 5.48. The van der Waals surface area contributed by atoms with Crippen molar-refractivity contribution in [2.75, 3.05) is 19.5 Å². The summed E-state index contributed by atoms with van der Waals surface area (Å²) < 4.78 is 4.93. The molecule has 0 saturated carbocycles. The zero-order chi connectivity index (χ0) is 9.97. The SMILES string of the molecule is COCCc1ncc2[nH]c(N)nc2n1. The molecule has 0 aliphatic rings. The van der Waals surface area contributed by atoms with Crippen LogP contribution in [-0.4, -0.2) is 33.7 Å². The molecule has 74 valence electrons. The minimum Gasteiger partial charge on any atom is -0.384 e. The summed E-state index contributed by atoms with van der Waals surface area (Å²) in [6.45, 7) is 0.603. The number of nitrogen functional groups attached to an aromatic ring is 1. The summed E-state index contributed by atoms with van der Waals surface area (Å²) in [4.78, 5) is 15.2. The van der Waals surface area contributed by atoms with Crippen molar-refractivity contribution in [1.29, 1.82) is 0 Å². The Morgan fingerprint density at radius 2 is 2.36 bits per heavy atom. The van der Waals surface area contributed by atoms with E-state index in [1.165, 1.54) is 0 Å². The van der Waals surface area contributed by atoms with E-state index in [1.54, 1.807) is 13.3 Å². The summed E-state index contributed by atoms with van der Waals surface area (Å²) in [6.07, 6.45) is 2.36. The number of aromatic amines is 1. The molecular weight excluding hydrogens is 182 g/mol. The molecule has 0 atom stereocenters. The molecule has 0 aliphatic carbocycles. The van der Waals surface area contributed by atoms with Gasteiger partial charge in [0, 0.05) is 13.5 Å². The highest BCUT2D eigenvalue weighted by atomic mass is 16.5. The maximum absolute atomic E-state index is 5.48. The number of ether oxygens (including phenoxy) is 1. The van der Waals surface area contributed by atoms with Crippen molar-refractivity contribution >= 4 is 17.1 Å². The Kier molecular flexibility index (Phi) is 2.28. The molecule has 14 heavy (non-hydrogen) atoms. The predicted octanol–water partition coefficient (Wildman–Crippen LogP) is 0.124.